The highest BCUT2D eigenvalue weighted by atomic mass is 16.3. The normalized spacial score (nSPS) is 13.2. The first-order valence-electron chi connectivity index (χ1n) is 5.47. The van der Waals surface area contributed by atoms with Crippen LogP contribution in [0.3, 0.4) is 0 Å². The second kappa shape index (κ2) is 4.63. The van der Waals surface area contributed by atoms with Gasteiger partial charge in [-0.25, -0.2) is 4.98 Å². The van der Waals surface area contributed by atoms with Crippen LogP contribution in [0.5, 0.6) is 0 Å². The molecule has 0 fully saturated rings. The molecule has 0 aliphatic carbocycles. The van der Waals surface area contributed by atoms with Crippen molar-refractivity contribution in [3.63, 3.8) is 0 Å². The van der Waals surface area contributed by atoms with E-state index in [0.29, 0.717) is 6.54 Å². The van der Waals surface area contributed by atoms with Crippen LogP contribution in [0.2, 0.25) is 0 Å². The largest absolute Gasteiger partial charge is 0.395 e. The van der Waals surface area contributed by atoms with Crippen LogP contribution in [-0.2, 0) is 6.54 Å². The second-order valence-corrected chi connectivity index (χ2v) is 4.15. The van der Waals surface area contributed by atoms with Gasteiger partial charge in [-0.05, 0) is 25.5 Å². The average molecular weight is 219 g/mol. The molecule has 86 valence electrons. The number of hydrogen-bond donors (Lipinski definition) is 2. The molecule has 2 rings (SSSR count). The van der Waals surface area contributed by atoms with Gasteiger partial charge in [-0.3, -0.25) is 0 Å². The molecule has 0 radical (unpaired) electrons. The summed E-state index contributed by atoms with van der Waals surface area (Å²) in [6, 6.07) is 4.17. The lowest BCUT2D eigenvalue weighted by atomic mass is 10.3. The minimum Gasteiger partial charge on any atom is -0.395 e. The number of rotatable bonds is 4. The van der Waals surface area contributed by atoms with Gasteiger partial charge < -0.3 is 14.8 Å². The number of aryl methyl sites for hydroxylation is 1. The van der Waals surface area contributed by atoms with Crippen molar-refractivity contribution < 1.29 is 5.11 Å². The van der Waals surface area contributed by atoms with E-state index >= 15 is 0 Å². The lowest BCUT2D eigenvalue weighted by Crippen LogP contribution is -2.29. The van der Waals surface area contributed by atoms with Crippen molar-refractivity contribution in [3.8, 4) is 0 Å². The third-order valence-corrected chi connectivity index (χ3v) is 2.64. The van der Waals surface area contributed by atoms with Crippen LogP contribution in [0.1, 0.15) is 18.2 Å². The summed E-state index contributed by atoms with van der Waals surface area (Å²) in [5, 5.41) is 12.2. The maximum atomic E-state index is 8.94. The van der Waals surface area contributed by atoms with Crippen molar-refractivity contribution in [1.29, 1.82) is 0 Å². The molecule has 2 aromatic rings. The summed E-state index contributed by atoms with van der Waals surface area (Å²) in [6.45, 7) is 4.88. The van der Waals surface area contributed by atoms with Gasteiger partial charge in [0.15, 0.2) is 0 Å². The fraction of sp³-hybridized carbons (Fsp3) is 0.417. The maximum Gasteiger partial charge on any atom is 0.136 e. The Morgan fingerprint density at radius 1 is 1.50 bits per heavy atom. The quantitative estimate of drug-likeness (QED) is 0.810. The van der Waals surface area contributed by atoms with E-state index < -0.39 is 0 Å². The summed E-state index contributed by atoms with van der Waals surface area (Å²) in [7, 11) is 0. The van der Waals surface area contributed by atoms with Crippen LogP contribution in [0.25, 0.3) is 5.65 Å². The van der Waals surface area contributed by atoms with Crippen LogP contribution in [0.4, 0.5) is 0 Å². The molecule has 0 spiro atoms. The highest BCUT2D eigenvalue weighted by molar-refractivity contribution is 5.41. The molecular formula is C12H17N3O. The van der Waals surface area contributed by atoms with E-state index in [1.54, 1.807) is 0 Å². The Bertz CT molecular complexity index is 478. The van der Waals surface area contributed by atoms with Gasteiger partial charge in [-0.15, -0.1) is 0 Å². The van der Waals surface area contributed by atoms with Gasteiger partial charge in [0.1, 0.15) is 5.65 Å². The van der Waals surface area contributed by atoms with E-state index in [0.717, 1.165) is 11.3 Å². The fourth-order valence-corrected chi connectivity index (χ4v) is 1.61. The van der Waals surface area contributed by atoms with Crippen LogP contribution in [-0.4, -0.2) is 27.1 Å². The van der Waals surface area contributed by atoms with Crippen molar-refractivity contribution in [2.24, 2.45) is 0 Å². The zero-order valence-corrected chi connectivity index (χ0v) is 9.64. The molecule has 0 aliphatic rings. The molecule has 1 unspecified atom stereocenters. The average Bonchev–Trinajstić information content (AvgIpc) is 2.68. The first kappa shape index (κ1) is 11.1. The SMILES string of the molecule is Cc1ccc2ncc(CNC(C)CO)n2c1. The molecule has 2 N–H and O–H groups in total. The third kappa shape index (κ3) is 2.23. The van der Waals surface area contributed by atoms with Gasteiger partial charge in [0.2, 0.25) is 0 Å². The minimum absolute atomic E-state index is 0.107. The maximum absolute atomic E-state index is 8.94. The van der Waals surface area contributed by atoms with Crippen LogP contribution < -0.4 is 5.32 Å². The standard InChI is InChI=1S/C12H17N3O/c1-9-3-4-12-14-6-11(15(12)7-9)5-13-10(2)8-16/h3-4,6-7,10,13,16H,5,8H2,1-2H3. The topological polar surface area (TPSA) is 49.6 Å². The molecule has 1 atom stereocenters. The number of aromatic nitrogens is 2. The van der Waals surface area contributed by atoms with Crippen molar-refractivity contribution in [2.45, 2.75) is 26.4 Å². The molecular weight excluding hydrogens is 202 g/mol. The summed E-state index contributed by atoms with van der Waals surface area (Å²) < 4.78 is 2.08. The Balaban J connectivity index is 2.21. The smallest absolute Gasteiger partial charge is 0.136 e. The zero-order valence-electron chi connectivity index (χ0n) is 9.64. The lowest BCUT2D eigenvalue weighted by molar-refractivity contribution is 0.250. The van der Waals surface area contributed by atoms with E-state index in [1.165, 1.54) is 5.56 Å². The first-order chi connectivity index (χ1) is 7.70. The summed E-state index contributed by atoms with van der Waals surface area (Å²) in [6.07, 6.45) is 3.94. The molecule has 0 amide bonds. The van der Waals surface area contributed by atoms with Crippen molar-refractivity contribution in [1.82, 2.24) is 14.7 Å². The van der Waals surface area contributed by atoms with E-state index in [1.807, 2.05) is 19.2 Å². The van der Waals surface area contributed by atoms with Crippen LogP contribution in [0.15, 0.2) is 24.5 Å². The van der Waals surface area contributed by atoms with Crippen molar-refractivity contribution in [3.05, 3.63) is 35.8 Å². The first-order valence-corrected chi connectivity index (χ1v) is 5.47. The van der Waals surface area contributed by atoms with E-state index in [-0.39, 0.29) is 12.6 Å². The Morgan fingerprint density at radius 2 is 2.31 bits per heavy atom. The third-order valence-electron chi connectivity index (χ3n) is 2.64. The Labute approximate surface area is 94.9 Å². The summed E-state index contributed by atoms with van der Waals surface area (Å²) in [4.78, 5) is 4.32. The molecule has 0 saturated heterocycles. The minimum atomic E-state index is 0.107. The molecule has 0 saturated carbocycles. The van der Waals surface area contributed by atoms with Crippen molar-refractivity contribution in [2.75, 3.05) is 6.61 Å². The summed E-state index contributed by atoms with van der Waals surface area (Å²) in [5.74, 6) is 0. The number of aliphatic hydroxyl groups is 1. The molecule has 4 heteroatoms. The molecule has 4 nitrogen and oxygen atoms in total. The van der Waals surface area contributed by atoms with E-state index in [4.69, 9.17) is 5.11 Å². The van der Waals surface area contributed by atoms with Gasteiger partial charge in [0.25, 0.3) is 0 Å². The Morgan fingerprint density at radius 3 is 3.06 bits per heavy atom. The van der Waals surface area contributed by atoms with Crippen LogP contribution >= 0.6 is 0 Å². The highest BCUT2D eigenvalue weighted by Gasteiger charge is 2.04. The number of pyridine rings is 1. The molecule has 2 aromatic heterocycles. The van der Waals surface area contributed by atoms with Crippen LogP contribution in [0, 0.1) is 6.92 Å². The zero-order chi connectivity index (χ0) is 11.5. The lowest BCUT2D eigenvalue weighted by Gasteiger charge is -2.10. The second-order valence-electron chi connectivity index (χ2n) is 4.15. The molecule has 0 bridgehead atoms. The van der Waals surface area contributed by atoms with Gasteiger partial charge in [0, 0.05) is 18.8 Å². The number of imidazole rings is 1. The number of aliphatic hydroxyl groups excluding tert-OH is 1. The monoisotopic (exact) mass is 219 g/mol. The fourth-order valence-electron chi connectivity index (χ4n) is 1.61. The number of nitrogens with zero attached hydrogens (tertiary/aromatic N) is 2. The summed E-state index contributed by atoms with van der Waals surface area (Å²) in [5.41, 5.74) is 3.28. The molecule has 16 heavy (non-hydrogen) atoms. The highest BCUT2D eigenvalue weighted by Crippen LogP contribution is 2.08. The van der Waals surface area contributed by atoms with Gasteiger partial charge in [-0.2, -0.15) is 0 Å². The molecule has 2 heterocycles. The van der Waals surface area contributed by atoms with E-state index in [9.17, 15) is 0 Å². The van der Waals surface area contributed by atoms with Gasteiger partial charge in [-0.1, -0.05) is 6.07 Å². The van der Waals surface area contributed by atoms with Crippen molar-refractivity contribution >= 4 is 5.65 Å². The predicted molar refractivity (Wildman–Crippen MR) is 63.3 cm³/mol. The number of nitrogens with one attached hydrogen (secondary N) is 1. The number of hydrogen-bond acceptors (Lipinski definition) is 3. The van der Waals surface area contributed by atoms with Gasteiger partial charge >= 0.3 is 0 Å². The Kier molecular flexibility index (Phi) is 3.22. The number of fused-ring (bicyclic) bond motifs is 1. The predicted octanol–water partition coefficient (Wildman–Crippen LogP) is 1.11. The molecule has 0 aromatic carbocycles. The van der Waals surface area contributed by atoms with Gasteiger partial charge in [0.05, 0.1) is 18.5 Å². The van der Waals surface area contributed by atoms with E-state index in [2.05, 4.69) is 33.9 Å². The summed E-state index contributed by atoms with van der Waals surface area (Å²) >= 11 is 0. The Hall–Kier alpha value is -1.39. The molecule has 0 aliphatic heterocycles.